The lowest BCUT2D eigenvalue weighted by molar-refractivity contribution is -0.0188. The first kappa shape index (κ1) is 13.9. The summed E-state index contributed by atoms with van der Waals surface area (Å²) in [5.74, 6) is 0. The molecule has 2 saturated carbocycles. The SMILES string of the molecule is CCC1CNC2(CCCCC2)CN1C1(C)CCCC1. The van der Waals surface area contributed by atoms with Gasteiger partial charge in [0.05, 0.1) is 0 Å². The minimum Gasteiger partial charge on any atom is -0.308 e. The Labute approximate surface area is 119 Å². The Hall–Kier alpha value is -0.0800. The van der Waals surface area contributed by atoms with Crippen molar-refractivity contribution in [3.05, 3.63) is 0 Å². The summed E-state index contributed by atoms with van der Waals surface area (Å²) < 4.78 is 0. The van der Waals surface area contributed by atoms with Crippen LogP contribution in [0.25, 0.3) is 0 Å². The number of piperazine rings is 1. The van der Waals surface area contributed by atoms with E-state index in [4.69, 9.17) is 0 Å². The molecule has 0 aromatic rings. The molecule has 0 aromatic heterocycles. The first-order valence-electron chi connectivity index (χ1n) is 8.69. The van der Waals surface area contributed by atoms with E-state index in [0.29, 0.717) is 11.1 Å². The van der Waals surface area contributed by atoms with Crippen LogP contribution < -0.4 is 5.32 Å². The van der Waals surface area contributed by atoms with Crippen LogP contribution in [0.4, 0.5) is 0 Å². The molecular formula is C17H32N2. The van der Waals surface area contributed by atoms with Gasteiger partial charge in [-0.3, -0.25) is 4.90 Å². The zero-order valence-corrected chi connectivity index (χ0v) is 13.0. The third-order valence-corrected chi connectivity index (χ3v) is 6.28. The number of hydrogen-bond donors (Lipinski definition) is 1. The fourth-order valence-electron chi connectivity index (χ4n) is 4.94. The molecule has 1 spiro atoms. The summed E-state index contributed by atoms with van der Waals surface area (Å²) in [7, 11) is 0. The van der Waals surface area contributed by atoms with Crippen LogP contribution >= 0.6 is 0 Å². The molecule has 1 unspecified atom stereocenters. The van der Waals surface area contributed by atoms with Crippen LogP contribution in [-0.2, 0) is 0 Å². The lowest BCUT2D eigenvalue weighted by atomic mass is 9.77. The number of hydrogen-bond acceptors (Lipinski definition) is 2. The molecule has 2 nitrogen and oxygen atoms in total. The summed E-state index contributed by atoms with van der Waals surface area (Å²) in [5, 5.41) is 3.96. The molecule has 0 amide bonds. The van der Waals surface area contributed by atoms with Gasteiger partial charge in [-0.25, -0.2) is 0 Å². The maximum atomic E-state index is 3.96. The monoisotopic (exact) mass is 264 g/mol. The largest absolute Gasteiger partial charge is 0.308 e. The van der Waals surface area contributed by atoms with Crippen LogP contribution in [0.2, 0.25) is 0 Å². The van der Waals surface area contributed by atoms with E-state index in [2.05, 4.69) is 24.1 Å². The van der Waals surface area contributed by atoms with Crippen molar-refractivity contribution in [1.82, 2.24) is 10.2 Å². The highest BCUT2D eigenvalue weighted by Crippen LogP contribution is 2.41. The van der Waals surface area contributed by atoms with Gasteiger partial charge in [0.15, 0.2) is 0 Å². The van der Waals surface area contributed by atoms with E-state index < -0.39 is 0 Å². The van der Waals surface area contributed by atoms with Crippen molar-refractivity contribution in [2.45, 2.75) is 95.2 Å². The van der Waals surface area contributed by atoms with E-state index in [0.717, 1.165) is 6.04 Å². The highest BCUT2D eigenvalue weighted by Gasteiger charge is 2.46. The molecule has 0 radical (unpaired) electrons. The zero-order chi connectivity index (χ0) is 13.3. The third-order valence-electron chi connectivity index (χ3n) is 6.28. The molecule has 2 heteroatoms. The lowest BCUT2D eigenvalue weighted by Crippen LogP contribution is -2.68. The molecule has 2 aliphatic carbocycles. The fraction of sp³-hybridized carbons (Fsp3) is 1.00. The van der Waals surface area contributed by atoms with Gasteiger partial charge >= 0.3 is 0 Å². The van der Waals surface area contributed by atoms with E-state index in [9.17, 15) is 0 Å². The molecule has 1 aliphatic heterocycles. The molecule has 1 saturated heterocycles. The normalized spacial score (nSPS) is 34.7. The van der Waals surface area contributed by atoms with Gasteiger partial charge in [0.1, 0.15) is 0 Å². The second kappa shape index (κ2) is 5.37. The second-order valence-electron chi connectivity index (χ2n) is 7.62. The van der Waals surface area contributed by atoms with Crippen molar-refractivity contribution in [3.8, 4) is 0 Å². The summed E-state index contributed by atoms with van der Waals surface area (Å²) in [5.41, 5.74) is 0.975. The van der Waals surface area contributed by atoms with Crippen molar-refractivity contribution >= 4 is 0 Å². The molecule has 3 rings (SSSR count). The van der Waals surface area contributed by atoms with Gasteiger partial charge in [-0.15, -0.1) is 0 Å². The minimum atomic E-state index is 0.468. The maximum absolute atomic E-state index is 3.96. The molecule has 3 aliphatic rings. The first-order valence-corrected chi connectivity index (χ1v) is 8.69. The molecule has 0 bridgehead atoms. The summed E-state index contributed by atoms with van der Waals surface area (Å²) in [6, 6.07) is 0.774. The van der Waals surface area contributed by atoms with E-state index >= 15 is 0 Å². The summed E-state index contributed by atoms with van der Waals surface area (Å²) in [6.07, 6.45) is 14.2. The zero-order valence-electron chi connectivity index (χ0n) is 13.0. The van der Waals surface area contributed by atoms with E-state index in [1.807, 2.05) is 0 Å². The van der Waals surface area contributed by atoms with Crippen LogP contribution in [-0.4, -0.2) is 35.1 Å². The van der Waals surface area contributed by atoms with Gasteiger partial charge in [0.2, 0.25) is 0 Å². The Bertz CT molecular complexity index is 300. The van der Waals surface area contributed by atoms with Crippen LogP contribution in [0.1, 0.15) is 78.1 Å². The van der Waals surface area contributed by atoms with Crippen molar-refractivity contribution in [1.29, 1.82) is 0 Å². The Morgan fingerprint density at radius 2 is 1.63 bits per heavy atom. The predicted octanol–water partition coefficient (Wildman–Crippen LogP) is 3.71. The van der Waals surface area contributed by atoms with Gasteiger partial charge in [0, 0.05) is 30.2 Å². The molecule has 3 fully saturated rings. The highest BCUT2D eigenvalue weighted by molar-refractivity contribution is 5.05. The van der Waals surface area contributed by atoms with Gasteiger partial charge in [-0.2, -0.15) is 0 Å². The van der Waals surface area contributed by atoms with Gasteiger partial charge in [0.25, 0.3) is 0 Å². The molecule has 1 atom stereocenters. The Kier molecular flexibility index (Phi) is 3.92. The topological polar surface area (TPSA) is 15.3 Å². The van der Waals surface area contributed by atoms with E-state index in [1.165, 1.54) is 77.3 Å². The first-order chi connectivity index (χ1) is 9.18. The number of nitrogens with one attached hydrogen (secondary N) is 1. The number of nitrogens with zero attached hydrogens (tertiary/aromatic N) is 1. The minimum absolute atomic E-state index is 0.468. The predicted molar refractivity (Wildman–Crippen MR) is 81.5 cm³/mol. The van der Waals surface area contributed by atoms with Gasteiger partial charge in [-0.1, -0.05) is 39.0 Å². The number of rotatable bonds is 2. The lowest BCUT2D eigenvalue weighted by Gasteiger charge is -2.55. The van der Waals surface area contributed by atoms with Crippen LogP contribution in [0.3, 0.4) is 0 Å². The third kappa shape index (κ3) is 2.58. The maximum Gasteiger partial charge on any atom is 0.0309 e. The second-order valence-corrected chi connectivity index (χ2v) is 7.62. The van der Waals surface area contributed by atoms with Crippen LogP contribution in [0, 0.1) is 0 Å². The van der Waals surface area contributed by atoms with Crippen molar-refractivity contribution in [2.75, 3.05) is 13.1 Å². The quantitative estimate of drug-likeness (QED) is 0.818. The fourth-order valence-corrected chi connectivity index (χ4v) is 4.94. The Balaban J connectivity index is 1.77. The van der Waals surface area contributed by atoms with Gasteiger partial charge in [-0.05, 0) is 39.0 Å². The Morgan fingerprint density at radius 3 is 2.26 bits per heavy atom. The average Bonchev–Trinajstić information content (AvgIpc) is 2.88. The summed E-state index contributed by atoms with van der Waals surface area (Å²) in [4.78, 5) is 2.93. The summed E-state index contributed by atoms with van der Waals surface area (Å²) in [6.45, 7) is 7.47. The van der Waals surface area contributed by atoms with Crippen LogP contribution in [0.15, 0.2) is 0 Å². The molecule has 110 valence electrons. The van der Waals surface area contributed by atoms with E-state index in [-0.39, 0.29) is 0 Å². The molecular weight excluding hydrogens is 232 g/mol. The van der Waals surface area contributed by atoms with Crippen molar-refractivity contribution < 1.29 is 0 Å². The van der Waals surface area contributed by atoms with Gasteiger partial charge < -0.3 is 5.32 Å². The standard InChI is InChI=1S/C17H32N2/c1-3-15-13-18-17(11-5-4-6-12-17)14-19(15)16(2)9-7-8-10-16/h15,18H,3-14H2,1-2H3. The van der Waals surface area contributed by atoms with Crippen molar-refractivity contribution in [3.63, 3.8) is 0 Å². The highest BCUT2D eigenvalue weighted by atomic mass is 15.3. The molecule has 0 aromatic carbocycles. The van der Waals surface area contributed by atoms with E-state index in [1.54, 1.807) is 0 Å². The van der Waals surface area contributed by atoms with Crippen LogP contribution in [0.5, 0.6) is 0 Å². The average molecular weight is 264 g/mol. The molecule has 1 N–H and O–H groups in total. The smallest absolute Gasteiger partial charge is 0.0309 e. The Morgan fingerprint density at radius 1 is 1.00 bits per heavy atom. The molecule has 19 heavy (non-hydrogen) atoms. The molecule has 1 heterocycles. The summed E-state index contributed by atoms with van der Waals surface area (Å²) >= 11 is 0. The van der Waals surface area contributed by atoms with Crippen molar-refractivity contribution in [2.24, 2.45) is 0 Å².